The molecule has 26 heavy (non-hydrogen) atoms. The van der Waals surface area contributed by atoms with E-state index in [1.54, 1.807) is 16.3 Å². The number of anilines is 1. The third-order valence-electron chi connectivity index (χ3n) is 5.11. The molecule has 0 unspecified atom stereocenters. The third-order valence-corrected chi connectivity index (χ3v) is 6.00. The number of rotatable bonds is 5. The van der Waals surface area contributed by atoms with E-state index in [2.05, 4.69) is 20.1 Å². The van der Waals surface area contributed by atoms with Crippen molar-refractivity contribution < 1.29 is 4.79 Å². The number of nitrogens with one attached hydrogen (secondary N) is 1. The van der Waals surface area contributed by atoms with Gasteiger partial charge in [-0.25, -0.2) is 4.98 Å². The highest BCUT2D eigenvalue weighted by atomic mass is 32.1. The molecular weight excluding hydrogens is 348 g/mol. The van der Waals surface area contributed by atoms with Gasteiger partial charge >= 0.3 is 0 Å². The zero-order valence-electron chi connectivity index (χ0n) is 14.6. The van der Waals surface area contributed by atoms with Crippen LogP contribution in [0.1, 0.15) is 60.2 Å². The van der Waals surface area contributed by atoms with Gasteiger partial charge in [0.15, 0.2) is 0 Å². The lowest BCUT2D eigenvalue weighted by atomic mass is 9.93. The quantitative estimate of drug-likeness (QED) is 0.746. The van der Waals surface area contributed by atoms with Gasteiger partial charge in [-0.05, 0) is 32.1 Å². The first kappa shape index (κ1) is 15.7. The SMILES string of the molecule is Cn1cc(-c2nc(C(=O)Nc3cn(C4CCC4)nc3C3CC3)cs2)cn1. The minimum Gasteiger partial charge on any atom is -0.318 e. The van der Waals surface area contributed by atoms with Gasteiger partial charge in [0.25, 0.3) is 5.91 Å². The van der Waals surface area contributed by atoms with Crippen LogP contribution in [-0.2, 0) is 7.05 Å². The Morgan fingerprint density at radius 3 is 2.77 bits per heavy atom. The van der Waals surface area contributed by atoms with Gasteiger partial charge in [0.05, 0.1) is 23.6 Å². The smallest absolute Gasteiger partial charge is 0.275 e. The van der Waals surface area contributed by atoms with Crippen LogP contribution >= 0.6 is 11.3 Å². The van der Waals surface area contributed by atoms with Gasteiger partial charge in [0.1, 0.15) is 10.7 Å². The highest BCUT2D eigenvalue weighted by Gasteiger charge is 2.32. The van der Waals surface area contributed by atoms with E-state index >= 15 is 0 Å². The summed E-state index contributed by atoms with van der Waals surface area (Å²) in [4.78, 5) is 17.2. The van der Waals surface area contributed by atoms with Crippen molar-refractivity contribution in [3.63, 3.8) is 0 Å². The predicted octanol–water partition coefficient (Wildman–Crippen LogP) is 3.59. The van der Waals surface area contributed by atoms with Gasteiger partial charge in [-0.1, -0.05) is 0 Å². The monoisotopic (exact) mass is 368 g/mol. The Hall–Kier alpha value is -2.48. The van der Waals surface area contributed by atoms with Crippen molar-refractivity contribution >= 4 is 22.9 Å². The van der Waals surface area contributed by atoms with E-state index in [9.17, 15) is 4.79 Å². The van der Waals surface area contributed by atoms with Crippen LogP contribution in [0.15, 0.2) is 24.0 Å². The lowest BCUT2D eigenvalue weighted by Crippen LogP contribution is -2.17. The zero-order chi connectivity index (χ0) is 17.7. The van der Waals surface area contributed by atoms with Crippen molar-refractivity contribution in [3.8, 4) is 10.6 Å². The molecule has 3 aromatic heterocycles. The Balaban J connectivity index is 1.37. The van der Waals surface area contributed by atoms with Crippen LogP contribution in [-0.4, -0.2) is 30.5 Å². The van der Waals surface area contributed by atoms with Gasteiger partial charge in [0, 0.05) is 36.3 Å². The average Bonchev–Trinajstić information content (AvgIpc) is 2.96. The molecule has 0 spiro atoms. The molecule has 2 aliphatic carbocycles. The first-order chi connectivity index (χ1) is 12.7. The lowest BCUT2D eigenvalue weighted by Gasteiger charge is -2.25. The van der Waals surface area contributed by atoms with Crippen LogP contribution in [0.4, 0.5) is 5.69 Å². The summed E-state index contributed by atoms with van der Waals surface area (Å²) in [6.45, 7) is 0. The summed E-state index contributed by atoms with van der Waals surface area (Å²) in [7, 11) is 1.86. The number of carbonyl (C=O) groups is 1. The number of thiazole rings is 1. The van der Waals surface area contributed by atoms with Gasteiger partial charge in [0.2, 0.25) is 0 Å². The lowest BCUT2D eigenvalue weighted by molar-refractivity contribution is 0.102. The largest absolute Gasteiger partial charge is 0.318 e. The number of aromatic nitrogens is 5. The van der Waals surface area contributed by atoms with E-state index in [-0.39, 0.29) is 5.91 Å². The number of nitrogens with zero attached hydrogens (tertiary/aromatic N) is 5. The molecule has 2 fully saturated rings. The molecule has 5 rings (SSSR count). The summed E-state index contributed by atoms with van der Waals surface area (Å²) in [6.07, 6.45) is 11.6. The minimum absolute atomic E-state index is 0.175. The topological polar surface area (TPSA) is 77.6 Å². The van der Waals surface area contributed by atoms with Gasteiger partial charge < -0.3 is 5.32 Å². The van der Waals surface area contributed by atoms with E-state index in [4.69, 9.17) is 5.10 Å². The van der Waals surface area contributed by atoms with Gasteiger partial charge in [-0.2, -0.15) is 10.2 Å². The summed E-state index contributed by atoms with van der Waals surface area (Å²) < 4.78 is 3.78. The molecule has 7 nitrogen and oxygen atoms in total. The molecule has 2 aliphatic rings. The van der Waals surface area contributed by atoms with Crippen LogP contribution in [0.25, 0.3) is 10.6 Å². The van der Waals surface area contributed by atoms with Crippen molar-refractivity contribution in [2.24, 2.45) is 7.05 Å². The Morgan fingerprint density at radius 2 is 2.12 bits per heavy atom. The molecule has 1 N–H and O–H groups in total. The molecule has 0 bridgehead atoms. The number of amides is 1. The van der Waals surface area contributed by atoms with Crippen LogP contribution < -0.4 is 5.32 Å². The molecule has 3 aromatic rings. The number of hydrogen-bond donors (Lipinski definition) is 1. The Morgan fingerprint density at radius 1 is 1.27 bits per heavy atom. The fraction of sp³-hybridized carbons (Fsp3) is 0.444. The first-order valence-electron chi connectivity index (χ1n) is 9.02. The van der Waals surface area contributed by atoms with Crippen molar-refractivity contribution in [1.29, 1.82) is 0 Å². The van der Waals surface area contributed by atoms with Crippen LogP contribution in [0.2, 0.25) is 0 Å². The number of carbonyl (C=O) groups excluding carboxylic acids is 1. The summed E-state index contributed by atoms with van der Waals surface area (Å²) in [6, 6.07) is 0.495. The van der Waals surface area contributed by atoms with Crippen LogP contribution in [0.3, 0.4) is 0 Å². The Bertz CT molecular complexity index is 962. The molecule has 0 radical (unpaired) electrons. The zero-order valence-corrected chi connectivity index (χ0v) is 15.4. The normalized spacial score (nSPS) is 17.3. The maximum Gasteiger partial charge on any atom is 0.275 e. The second-order valence-electron chi connectivity index (χ2n) is 7.16. The predicted molar refractivity (Wildman–Crippen MR) is 99.4 cm³/mol. The molecule has 134 valence electrons. The van der Waals surface area contributed by atoms with E-state index in [1.807, 2.05) is 19.4 Å². The van der Waals surface area contributed by atoms with Crippen molar-refractivity contribution in [2.45, 2.75) is 44.1 Å². The molecular formula is C18H20N6OS. The Labute approximate surface area is 155 Å². The molecule has 2 saturated carbocycles. The highest BCUT2D eigenvalue weighted by Crippen LogP contribution is 2.44. The second kappa shape index (κ2) is 6.05. The Kier molecular flexibility index (Phi) is 3.66. The molecule has 0 aromatic carbocycles. The molecule has 0 aliphatic heterocycles. The van der Waals surface area contributed by atoms with Crippen LogP contribution in [0, 0.1) is 0 Å². The number of hydrogen-bond acceptors (Lipinski definition) is 5. The highest BCUT2D eigenvalue weighted by molar-refractivity contribution is 7.13. The van der Waals surface area contributed by atoms with Crippen LogP contribution in [0.5, 0.6) is 0 Å². The molecule has 0 atom stereocenters. The maximum absolute atomic E-state index is 12.7. The standard InChI is InChI=1S/C18H20N6OS/c1-23-8-12(7-19-23)18-21-15(10-26-18)17(25)20-14-9-24(13-3-2-4-13)22-16(14)11-5-6-11/h7-11,13H,2-6H2,1H3,(H,20,25). The summed E-state index contributed by atoms with van der Waals surface area (Å²) in [5.74, 6) is 0.319. The van der Waals surface area contributed by atoms with Gasteiger partial charge in [-0.15, -0.1) is 11.3 Å². The third kappa shape index (κ3) is 2.84. The maximum atomic E-state index is 12.7. The van der Waals surface area contributed by atoms with Gasteiger partial charge in [-0.3, -0.25) is 14.2 Å². The minimum atomic E-state index is -0.175. The van der Waals surface area contributed by atoms with E-state index < -0.39 is 0 Å². The van der Waals surface area contributed by atoms with E-state index in [0.29, 0.717) is 17.7 Å². The second-order valence-corrected chi connectivity index (χ2v) is 8.02. The number of aryl methyl sites for hydroxylation is 1. The first-order valence-corrected chi connectivity index (χ1v) is 9.90. The summed E-state index contributed by atoms with van der Waals surface area (Å²) in [5, 5.41) is 14.6. The molecule has 8 heteroatoms. The average molecular weight is 368 g/mol. The van der Waals surface area contributed by atoms with Crippen molar-refractivity contribution in [2.75, 3.05) is 5.32 Å². The molecule has 0 saturated heterocycles. The molecule has 1 amide bonds. The van der Waals surface area contributed by atoms with E-state index in [1.165, 1.54) is 30.6 Å². The summed E-state index contributed by atoms with van der Waals surface area (Å²) in [5.41, 5.74) is 3.24. The summed E-state index contributed by atoms with van der Waals surface area (Å²) >= 11 is 1.45. The fourth-order valence-corrected chi connectivity index (χ4v) is 4.00. The fourth-order valence-electron chi connectivity index (χ4n) is 3.23. The van der Waals surface area contributed by atoms with Crippen molar-refractivity contribution in [1.82, 2.24) is 24.5 Å². The molecule has 3 heterocycles. The van der Waals surface area contributed by atoms with E-state index in [0.717, 1.165) is 34.8 Å². The van der Waals surface area contributed by atoms with Crippen molar-refractivity contribution in [3.05, 3.63) is 35.4 Å².